The van der Waals surface area contributed by atoms with Crippen molar-refractivity contribution in [2.24, 2.45) is 0 Å². The van der Waals surface area contributed by atoms with Crippen LogP contribution in [0.15, 0.2) is 23.4 Å². The van der Waals surface area contributed by atoms with Gasteiger partial charge in [0, 0.05) is 25.3 Å². The van der Waals surface area contributed by atoms with E-state index in [1.165, 1.54) is 6.07 Å². The Morgan fingerprint density at radius 2 is 2.05 bits per heavy atom. The van der Waals surface area contributed by atoms with Crippen LogP contribution in [-0.2, 0) is 16.6 Å². The molecule has 1 unspecified atom stereocenters. The molecule has 1 heterocycles. The molecule has 7 heteroatoms. The first kappa shape index (κ1) is 17.0. The lowest BCUT2D eigenvalue weighted by molar-refractivity contribution is 0.370. The number of aromatic nitrogens is 1. The van der Waals surface area contributed by atoms with Crippen molar-refractivity contribution in [3.05, 3.63) is 23.9 Å². The van der Waals surface area contributed by atoms with Crippen LogP contribution in [0.3, 0.4) is 0 Å². The van der Waals surface area contributed by atoms with Crippen molar-refractivity contribution in [1.82, 2.24) is 19.9 Å². The molecule has 20 heavy (non-hydrogen) atoms. The number of nitrogens with one attached hydrogen (secondary N) is 2. The number of sulfonamides is 1. The van der Waals surface area contributed by atoms with Gasteiger partial charge in [0.2, 0.25) is 0 Å². The molecule has 1 atom stereocenters. The van der Waals surface area contributed by atoms with Crippen molar-refractivity contribution in [1.29, 1.82) is 0 Å². The second-order valence-corrected chi connectivity index (χ2v) is 6.73. The average molecular weight is 300 g/mol. The van der Waals surface area contributed by atoms with E-state index < -0.39 is 10.0 Å². The Balaban J connectivity index is 2.72. The van der Waals surface area contributed by atoms with Gasteiger partial charge in [-0.3, -0.25) is 0 Å². The lowest BCUT2D eigenvalue weighted by Gasteiger charge is -2.18. The number of hydrogen-bond donors (Lipinski definition) is 2. The van der Waals surface area contributed by atoms with Crippen molar-refractivity contribution in [2.75, 3.05) is 27.2 Å². The molecule has 0 fully saturated rings. The molecule has 0 aromatic carbocycles. The quantitative estimate of drug-likeness (QED) is 0.728. The van der Waals surface area contributed by atoms with Gasteiger partial charge in [-0.2, -0.15) is 0 Å². The van der Waals surface area contributed by atoms with E-state index in [1.807, 2.05) is 32.8 Å². The first-order valence-electron chi connectivity index (χ1n) is 6.68. The van der Waals surface area contributed by atoms with Crippen molar-refractivity contribution < 1.29 is 8.42 Å². The van der Waals surface area contributed by atoms with Crippen molar-refractivity contribution in [2.45, 2.75) is 31.5 Å². The van der Waals surface area contributed by atoms with E-state index in [0.29, 0.717) is 13.1 Å². The smallest absolute Gasteiger partial charge is 0.258 e. The Kier molecular flexibility index (Phi) is 6.54. The van der Waals surface area contributed by atoms with E-state index >= 15 is 0 Å². The van der Waals surface area contributed by atoms with E-state index in [9.17, 15) is 8.42 Å². The molecule has 0 aliphatic rings. The number of likely N-dealkylation sites (N-methyl/N-ethyl adjacent to an activating group) is 1. The standard InChI is InChI=1S/C13H24N4O2S/c1-5-14-8-12-6-7-13(15-9-12)20(18,19)16-11(2)10-17(3)4/h6-7,9,11,14,16H,5,8,10H2,1-4H3. The minimum absolute atomic E-state index is 0.0587. The molecule has 0 saturated carbocycles. The minimum Gasteiger partial charge on any atom is -0.313 e. The molecule has 114 valence electrons. The molecule has 0 aliphatic heterocycles. The lowest BCUT2D eigenvalue weighted by Crippen LogP contribution is -2.39. The summed E-state index contributed by atoms with van der Waals surface area (Å²) in [6.45, 7) is 6.04. The van der Waals surface area contributed by atoms with Gasteiger partial charge in [-0.05, 0) is 39.2 Å². The van der Waals surface area contributed by atoms with Gasteiger partial charge in [0.1, 0.15) is 0 Å². The SMILES string of the molecule is CCNCc1ccc(S(=O)(=O)NC(C)CN(C)C)nc1. The Bertz CT molecular complexity index is 500. The van der Waals surface area contributed by atoms with Gasteiger partial charge in [-0.15, -0.1) is 0 Å². The van der Waals surface area contributed by atoms with Crippen LogP contribution < -0.4 is 10.0 Å². The summed E-state index contributed by atoms with van der Waals surface area (Å²) in [5, 5.41) is 3.22. The maximum atomic E-state index is 12.1. The zero-order chi connectivity index (χ0) is 15.2. The Morgan fingerprint density at radius 3 is 2.55 bits per heavy atom. The highest BCUT2D eigenvalue weighted by molar-refractivity contribution is 7.89. The average Bonchev–Trinajstić information content (AvgIpc) is 2.35. The number of rotatable bonds is 8. The van der Waals surface area contributed by atoms with Crippen LogP contribution in [0, 0.1) is 0 Å². The Hall–Kier alpha value is -1.02. The lowest BCUT2D eigenvalue weighted by atomic mass is 10.3. The van der Waals surface area contributed by atoms with Crippen molar-refractivity contribution in [3.63, 3.8) is 0 Å². The van der Waals surface area contributed by atoms with Crippen LogP contribution >= 0.6 is 0 Å². The van der Waals surface area contributed by atoms with Crippen LogP contribution in [0.5, 0.6) is 0 Å². The third-order valence-electron chi connectivity index (χ3n) is 2.65. The minimum atomic E-state index is -3.55. The summed E-state index contributed by atoms with van der Waals surface area (Å²) in [5.74, 6) is 0. The van der Waals surface area contributed by atoms with Crippen LogP contribution in [0.4, 0.5) is 0 Å². The van der Waals surface area contributed by atoms with Gasteiger partial charge in [-0.25, -0.2) is 18.1 Å². The predicted molar refractivity (Wildman–Crippen MR) is 80.0 cm³/mol. The van der Waals surface area contributed by atoms with E-state index in [4.69, 9.17) is 0 Å². The summed E-state index contributed by atoms with van der Waals surface area (Å²) < 4.78 is 26.9. The number of hydrogen-bond acceptors (Lipinski definition) is 5. The highest BCUT2D eigenvalue weighted by Crippen LogP contribution is 2.07. The fourth-order valence-electron chi connectivity index (χ4n) is 1.85. The summed E-state index contributed by atoms with van der Waals surface area (Å²) in [6.07, 6.45) is 1.59. The fourth-order valence-corrected chi connectivity index (χ4v) is 3.02. The summed E-state index contributed by atoms with van der Waals surface area (Å²) in [7, 11) is 0.252. The molecular formula is C13H24N4O2S. The number of nitrogens with zero attached hydrogens (tertiary/aromatic N) is 2. The van der Waals surface area contributed by atoms with Crippen LogP contribution in [0.25, 0.3) is 0 Å². The van der Waals surface area contributed by atoms with Gasteiger partial charge in [0.05, 0.1) is 0 Å². The molecular weight excluding hydrogens is 276 g/mol. The zero-order valence-corrected chi connectivity index (χ0v) is 13.4. The molecule has 0 saturated heterocycles. The van der Waals surface area contributed by atoms with Gasteiger partial charge in [0.15, 0.2) is 5.03 Å². The second kappa shape index (κ2) is 7.68. The summed E-state index contributed by atoms with van der Waals surface area (Å²) >= 11 is 0. The van der Waals surface area contributed by atoms with Crippen molar-refractivity contribution in [3.8, 4) is 0 Å². The first-order valence-corrected chi connectivity index (χ1v) is 8.16. The zero-order valence-electron chi connectivity index (χ0n) is 12.5. The van der Waals surface area contributed by atoms with E-state index in [1.54, 1.807) is 12.3 Å². The highest BCUT2D eigenvalue weighted by atomic mass is 32.2. The molecule has 0 spiro atoms. The normalized spacial score (nSPS) is 13.7. The Morgan fingerprint density at radius 1 is 1.35 bits per heavy atom. The first-order chi connectivity index (χ1) is 9.35. The number of pyridine rings is 1. The van der Waals surface area contributed by atoms with Gasteiger partial charge in [0.25, 0.3) is 10.0 Å². The molecule has 0 radical (unpaired) electrons. The molecule has 1 rings (SSSR count). The van der Waals surface area contributed by atoms with E-state index in [0.717, 1.165) is 12.1 Å². The molecule has 0 amide bonds. The second-order valence-electron chi connectivity index (χ2n) is 5.07. The van der Waals surface area contributed by atoms with Gasteiger partial charge < -0.3 is 10.2 Å². The molecule has 1 aromatic rings. The third-order valence-corrected chi connectivity index (χ3v) is 4.15. The molecule has 0 aliphatic carbocycles. The summed E-state index contributed by atoms with van der Waals surface area (Å²) in [5.41, 5.74) is 0.965. The topological polar surface area (TPSA) is 74.3 Å². The third kappa shape index (κ3) is 5.54. The van der Waals surface area contributed by atoms with Crippen molar-refractivity contribution >= 4 is 10.0 Å². The fraction of sp³-hybridized carbons (Fsp3) is 0.615. The monoisotopic (exact) mass is 300 g/mol. The maximum absolute atomic E-state index is 12.1. The van der Waals surface area contributed by atoms with E-state index in [2.05, 4.69) is 15.0 Å². The highest BCUT2D eigenvalue weighted by Gasteiger charge is 2.18. The van der Waals surface area contributed by atoms with Crippen LogP contribution in [0.1, 0.15) is 19.4 Å². The van der Waals surface area contributed by atoms with Crippen LogP contribution in [-0.4, -0.2) is 51.5 Å². The summed E-state index contributed by atoms with van der Waals surface area (Å²) in [4.78, 5) is 5.96. The van der Waals surface area contributed by atoms with Gasteiger partial charge in [-0.1, -0.05) is 13.0 Å². The Labute approximate surface area is 121 Å². The summed E-state index contributed by atoms with van der Waals surface area (Å²) in [6, 6.07) is 3.15. The largest absolute Gasteiger partial charge is 0.313 e. The molecule has 6 nitrogen and oxygen atoms in total. The molecule has 0 bridgehead atoms. The predicted octanol–water partition coefficient (Wildman–Crippen LogP) is 0.420. The molecule has 2 N–H and O–H groups in total. The van der Waals surface area contributed by atoms with Gasteiger partial charge >= 0.3 is 0 Å². The van der Waals surface area contributed by atoms with E-state index in [-0.39, 0.29) is 11.1 Å². The maximum Gasteiger partial charge on any atom is 0.258 e. The van der Waals surface area contributed by atoms with Crippen LogP contribution in [0.2, 0.25) is 0 Å². The molecule has 1 aromatic heterocycles.